The van der Waals surface area contributed by atoms with Crippen LogP contribution in [0.25, 0.3) is 0 Å². The predicted octanol–water partition coefficient (Wildman–Crippen LogP) is 3.87. The molecule has 2 bridgehead atoms. The van der Waals surface area contributed by atoms with Gasteiger partial charge in [-0.05, 0) is 28.8 Å². The molecule has 2 aliphatic rings. The van der Waals surface area contributed by atoms with Gasteiger partial charge in [0.2, 0.25) is 0 Å². The number of aliphatic hydroxyl groups is 1. The van der Waals surface area contributed by atoms with Gasteiger partial charge in [0, 0.05) is 0 Å². The average Bonchev–Trinajstić information content (AvgIpc) is 2.93. The van der Waals surface area contributed by atoms with Crippen molar-refractivity contribution in [2.24, 2.45) is 0 Å². The minimum Gasteiger partial charge on any atom is -0.497 e. The van der Waals surface area contributed by atoms with E-state index in [0.29, 0.717) is 19.8 Å². The molecule has 6 atom stereocenters. The zero-order valence-electron chi connectivity index (χ0n) is 20.3. The van der Waals surface area contributed by atoms with Gasteiger partial charge in [-0.15, -0.1) is 0 Å². The molecule has 1 saturated heterocycles. The van der Waals surface area contributed by atoms with E-state index >= 15 is 0 Å². The molecule has 3 aromatic carbocycles. The van der Waals surface area contributed by atoms with E-state index in [4.69, 9.17) is 28.4 Å². The minimum absolute atomic E-state index is 0.0842. The van der Waals surface area contributed by atoms with Crippen molar-refractivity contribution < 1.29 is 33.5 Å². The normalized spacial score (nSPS) is 27.5. The largest absolute Gasteiger partial charge is 0.497 e. The van der Waals surface area contributed by atoms with Gasteiger partial charge in [-0.3, -0.25) is 0 Å². The molecule has 1 aliphatic carbocycles. The summed E-state index contributed by atoms with van der Waals surface area (Å²) in [5, 5.41) is 11.4. The Morgan fingerprint density at radius 2 is 1.08 bits per heavy atom. The number of ether oxygens (including phenoxy) is 6. The third kappa shape index (κ3) is 5.78. The molecule has 1 N–H and O–H groups in total. The van der Waals surface area contributed by atoms with Gasteiger partial charge in [-0.25, -0.2) is 0 Å². The summed E-state index contributed by atoms with van der Waals surface area (Å²) in [6.45, 7) is 1.11. The molecule has 0 spiro atoms. The van der Waals surface area contributed by atoms with Gasteiger partial charge in [0.05, 0.1) is 26.9 Å². The second-order valence-corrected chi connectivity index (χ2v) is 9.02. The molecule has 3 aromatic rings. The van der Waals surface area contributed by atoms with Crippen LogP contribution in [0.2, 0.25) is 0 Å². The SMILES string of the molecule is COc1ccc(COC2C(O)C(OCc3ccccc3)C3OCOC2C3OCc2ccccc2)cc1. The topological polar surface area (TPSA) is 75.6 Å². The van der Waals surface area contributed by atoms with Gasteiger partial charge in [0.25, 0.3) is 0 Å². The Labute approximate surface area is 211 Å². The first-order valence-electron chi connectivity index (χ1n) is 12.2. The fourth-order valence-electron chi connectivity index (χ4n) is 4.74. The number of fused-ring (bicyclic) bond motifs is 2. The first-order chi connectivity index (χ1) is 17.7. The second-order valence-electron chi connectivity index (χ2n) is 9.02. The molecule has 2 fully saturated rings. The summed E-state index contributed by atoms with van der Waals surface area (Å²) in [6.07, 6.45) is -3.73. The predicted molar refractivity (Wildman–Crippen MR) is 132 cm³/mol. The van der Waals surface area contributed by atoms with Gasteiger partial charge < -0.3 is 33.5 Å². The first kappa shape index (κ1) is 24.9. The van der Waals surface area contributed by atoms with Crippen molar-refractivity contribution >= 4 is 0 Å². The number of methoxy groups -OCH3 is 1. The Morgan fingerprint density at radius 1 is 0.639 bits per heavy atom. The lowest BCUT2D eigenvalue weighted by Gasteiger charge is -2.51. The standard InChI is InChI=1S/C29H32O7/c1-31-23-14-12-22(13-15-23)18-33-26-24(30)25(32-16-20-8-4-2-5-9-20)27-29(28(26)36-19-35-27)34-17-21-10-6-3-7-11-21/h2-15,24-30H,16-19H2,1H3. The highest BCUT2D eigenvalue weighted by atomic mass is 16.7. The van der Waals surface area contributed by atoms with E-state index in [2.05, 4.69) is 0 Å². The summed E-state index contributed by atoms with van der Waals surface area (Å²) in [4.78, 5) is 0. The molecular weight excluding hydrogens is 460 g/mol. The zero-order chi connectivity index (χ0) is 24.7. The van der Waals surface area contributed by atoms with Crippen LogP contribution in [0.4, 0.5) is 0 Å². The van der Waals surface area contributed by atoms with E-state index in [0.717, 1.165) is 22.4 Å². The van der Waals surface area contributed by atoms with Gasteiger partial charge in [-0.1, -0.05) is 72.8 Å². The van der Waals surface area contributed by atoms with E-state index in [1.54, 1.807) is 7.11 Å². The van der Waals surface area contributed by atoms with Crippen LogP contribution in [0.5, 0.6) is 5.75 Å². The molecule has 1 saturated carbocycles. The highest BCUT2D eigenvalue weighted by Gasteiger charge is 2.56. The maximum absolute atomic E-state index is 11.4. The fraction of sp³-hybridized carbons (Fsp3) is 0.379. The summed E-state index contributed by atoms with van der Waals surface area (Å²) in [5.74, 6) is 0.774. The molecular formula is C29H32O7. The summed E-state index contributed by atoms with van der Waals surface area (Å²) >= 11 is 0. The van der Waals surface area contributed by atoms with Crippen LogP contribution >= 0.6 is 0 Å². The molecule has 36 heavy (non-hydrogen) atoms. The van der Waals surface area contributed by atoms with Gasteiger partial charge in [0.1, 0.15) is 49.2 Å². The smallest absolute Gasteiger partial charge is 0.148 e. The van der Waals surface area contributed by atoms with Crippen molar-refractivity contribution in [3.8, 4) is 5.75 Å². The van der Waals surface area contributed by atoms with Crippen LogP contribution < -0.4 is 4.74 Å². The molecule has 7 nitrogen and oxygen atoms in total. The minimum atomic E-state index is -0.959. The Kier molecular flexibility index (Phi) is 8.28. The highest BCUT2D eigenvalue weighted by Crippen LogP contribution is 2.36. The Hall–Kier alpha value is -2.78. The lowest BCUT2D eigenvalue weighted by Crippen LogP contribution is -2.69. The van der Waals surface area contributed by atoms with Crippen LogP contribution in [0.15, 0.2) is 84.9 Å². The Balaban J connectivity index is 1.34. The molecule has 0 radical (unpaired) electrons. The number of rotatable bonds is 10. The summed E-state index contributed by atoms with van der Waals surface area (Å²) < 4.78 is 36.0. The Morgan fingerprint density at radius 3 is 1.56 bits per heavy atom. The van der Waals surface area contributed by atoms with Crippen LogP contribution in [0.1, 0.15) is 16.7 Å². The Bertz CT molecular complexity index is 1010. The monoisotopic (exact) mass is 492 g/mol. The van der Waals surface area contributed by atoms with Gasteiger partial charge in [0.15, 0.2) is 0 Å². The summed E-state index contributed by atoms with van der Waals surface area (Å²) in [6, 6.07) is 27.5. The molecule has 0 amide bonds. The quantitative estimate of drug-likeness (QED) is 0.461. The second kappa shape index (κ2) is 12.0. The average molecular weight is 493 g/mol. The zero-order valence-corrected chi connectivity index (χ0v) is 20.3. The van der Waals surface area contributed by atoms with E-state index in [1.165, 1.54) is 0 Å². The molecule has 1 aliphatic heterocycles. The van der Waals surface area contributed by atoms with Crippen molar-refractivity contribution in [1.82, 2.24) is 0 Å². The van der Waals surface area contributed by atoms with Crippen molar-refractivity contribution in [1.29, 1.82) is 0 Å². The number of aliphatic hydroxyl groups excluding tert-OH is 1. The fourth-order valence-corrected chi connectivity index (χ4v) is 4.74. The van der Waals surface area contributed by atoms with Crippen molar-refractivity contribution in [2.75, 3.05) is 13.9 Å². The summed E-state index contributed by atoms with van der Waals surface area (Å²) in [7, 11) is 1.63. The van der Waals surface area contributed by atoms with E-state index < -0.39 is 36.6 Å². The maximum atomic E-state index is 11.4. The maximum Gasteiger partial charge on any atom is 0.148 e. The molecule has 1 heterocycles. The van der Waals surface area contributed by atoms with Crippen LogP contribution in [0, 0.1) is 0 Å². The molecule has 0 aromatic heterocycles. The third-order valence-electron chi connectivity index (χ3n) is 6.66. The van der Waals surface area contributed by atoms with Crippen LogP contribution in [-0.4, -0.2) is 55.6 Å². The van der Waals surface area contributed by atoms with Crippen molar-refractivity contribution in [3.05, 3.63) is 102 Å². The van der Waals surface area contributed by atoms with Gasteiger partial charge in [-0.2, -0.15) is 0 Å². The van der Waals surface area contributed by atoms with Crippen molar-refractivity contribution in [3.63, 3.8) is 0 Å². The number of hydrogen-bond acceptors (Lipinski definition) is 7. The first-order valence-corrected chi connectivity index (χ1v) is 12.2. The lowest BCUT2D eigenvalue weighted by molar-refractivity contribution is -0.339. The van der Waals surface area contributed by atoms with E-state index in [9.17, 15) is 5.11 Å². The van der Waals surface area contributed by atoms with E-state index in [-0.39, 0.29) is 6.79 Å². The van der Waals surface area contributed by atoms with Crippen LogP contribution in [-0.2, 0) is 43.5 Å². The number of hydrogen-bond donors (Lipinski definition) is 1. The van der Waals surface area contributed by atoms with Crippen molar-refractivity contribution in [2.45, 2.75) is 56.4 Å². The third-order valence-corrected chi connectivity index (χ3v) is 6.66. The number of benzene rings is 3. The molecule has 190 valence electrons. The lowest BCUT2D eigenvalue weighted by atomic mass is 9.83. The van der Waals surface area contributed by atoms with Crippen LogP contribution in [0.3, 0.4) is 0 Å². The molecule has 5 rings (SSSR count). The molecule has 7 heteroatoms. The van der Waals surface area contributed by atoms with Gasteiger partial charge >= 0.3 is 0 Å². The van der Waals surface area contributed by atoms with E-state index in [1.807, 2.05) is 84.9 Å². The molecule has 6 unspecified atom stereocenters. The summed E-state index contributed by atoms with van der Waals surface area (Å²) in [5.41, 5.74) is 3.01. The highest BCUT2D eigenvalue weighted by molar-refractivity contribution is 5.26.